The van der Waals surface area contributed by atoms with Gasteiger partial charge in [-0.05, 0) is 29.8 Å². The van der Waals surface area contributed by atoms with E-state index in [0.717, 1.165) is 17.7 Å². The maximum absolute atomic E-state index is 13.0. The highest BCUT2D eigenvalue weighted by Gasteiger charge is 2.18. The zero-order valence-corrected chi connectivity index (χ0v) is 10.9. The Morgan fingerprint density at radius 2 is 1.95 bits per heavy atom. The first-order chi connectivity index (χ1) is 9.51. The molecular formula is C13H10ClFN2O3. The van der Waals surface area contributed by atoms with Crippen molar-refractivity contribution in [1.29, 1.82) is 0 Å². The van der Waals surface area contributed by atoms with E-state index in [9.17, 15) is 14.5 Å². The summed E-state index contributed by atoms with van der Waals surface area (Å²) in [5, 5.41) is 11.1. The van der Waals surface area contributed by atoms with Gasteiger partial charge < -0.3 is 10.5 Å². The summed E-state index contributed by atoms with van der Waals surface area (Å²) >= 11 is 6.00. The average molecular weight is 297 g/mol. The van der Waals surface area contributed by atoms with E-state index in [1.165, 1.54) is 6.07 Å². The van der Waals surface area contributed by atoms with Gasteiger partial charge in [0.1, 0.15) is 11.6 Å². The van der Waals surface area contributed by atoms with Crippen LogP contribution in [0.3, 0.4) is 0 Å². The van der Waals surface area contributed by atoms with Gasteiger partial charge in [-0.2, -0.15) is 0 Å². The van der Waals surface area contributed by atoms with Crippen molar-refractivity contribution in [3.05, 3.63) is 62.9 Å². The second-order valence-electron chi connectivity index (χ2n) is 3.94. The monoisotopic (exact) mass is 296 g/mol. The highest BCUT2D eigenvalue weighted by molar-refractivity contribution is 6.32. The number of nitro benzene ring substituents is 1. The van der Waals surface area contributed by atoms with Crippen molar-refractivity contribution in [3.63, 3.8) is 0 Å². The molecule has 0 bridgehead atoms. The number of ether oxygens (including phenoxy) is 1. The van der Waals surface area contributed by atoms with Gasteiger partial charge >= 0.3 is 5.69 Å². The molecule has 0 radical (unpaired) electrons. The smallest absolute Gasteiger partial charge is 0.314 e. The summed E-state index contributed by atoms with van der Waals surface area (Å²) in [7, 11) is 0. The molecule has 2 aromatic carbocycles. The van der Waals surface area contributed by atoms with Gasteiger partial charge in [0.15, 0.2) is 0 Å². The van der Waals surface area contributed by atoms with E-state index in [1.54, 1.807) is 18.2 Å². The largest absolute Gasteiger partial charge is 0.449 e. The van der Waals surface area contributed by atoms with Crippen LogP contribution in [0.25, 0.3) is 0 Å². The van der Waals surface area contributed by atoms with Gasteiger partial charge in [0.2, 0.25) is 5.75 Å². The molecule has 0 heterocycles. The van der Waals surface area contributed by atoms with Gasteiger partial charge in [-0.3, -0.25) is 10.1 Å². The van der Waals surface area contributed by atoms with Gasteiger partial charge in [-0.1, -0.05) is 17.7 Å². The average Bonchev–Trinajstić information content (AvgIpc) is 2.42. The third kappa shape index (κ3) is 3.04. The van der Waals surface area contributed by atoms with E-state index < -0.39 is 16.4 Å². The summed E-state index contributed by atoms with van der Waals surface area (Å²) in [5.74, 6) is -0.564. The Morgan fingerprint density at radius 3 is 2.55 bits per heavy atom. The Labute approximate surface area is 118 Å². The van der Waals surface area contributed by atoms with Gasteiger partial charge in [0, 0.05) is 6.54 Å². The lowest BCUT2D eigenvalue weighted by Gasteiger charge is -2.09. The SMILES string of the molecule is NCc1ccc(Oc2ccc(F)cc2[N+](=O)[O-])c(Cl)c1. The van der Waals surface area contributed by atoms with Crippen molar-refractivity contribution in [2.45, 2.75) is 6.54 Å². The molecule has 0 spiro atoms. The lowest BCUT2D eigenvalue weighted by atomic mass is 10.2. The maximum atomic E-state index is 13.0. The summed E-state index contributed by atoms with van der Waals surface area (Å²) in [6, 6.07) is 7.89. The zero-order chi connectivity index (χ0) is 14.7. The predicted molar refractivity (Wildman–Crippen MR) is 72.5 cm³/mol. The molecule has 2 aromatic rings. The quantitative estimate of drug-likeness (QED) is 0.690. The van der Waals surface area contributed by atoms with Crippen molar-refractivity contribution >= 4 is 17.3 Å². The minimum absolute atomic E-state index is 0.0844. The molecule has 0 amide bonds. The lowest BCUT2D eigenvalue weighted by Crippen LogP contribution is -1.97. The molecule has 0 aliphatic heterocycles. The van der Waals surface area contributed by atoms with Crippen LogP contribution in [-0.2, 0) is 6.54 Å². The van der Waals surface area contributed by atoms with E-state index in [0.29, 0.717) is 6.54 Å². The Balaban J connectivity index is 2.37. The zero-order valence-electron chi connectivity index (χ0n) is 10.2. The number of benzene rings is 2. The number of hydrogen-bond acceptors (Lipinski definition) is 4. The first kappa shape index (κ1) is 14.2. The fraction of sp³-hybridized carbons (Fsp3) is 0.0769. The maximum Gasteiger partial charge on any atom is 0.314 e. The molecule has 2 N–H and O–H groups in total. The second-order valence-corrected chi connectivity index (χ2v) is 4.35. The molecule has 20 heavy (non-hydrogen) atoms. The van der Waals surface area contributed by atoms with Crippen LogP contribution in [0.15, 0.2) is 36.4 Å². The topological polar surface area (TPSA) is 78.4 Å². The van der Waals surface area contributed by atoms with Gasteiger partial charge in [-0.25, -0.2) is 4.39 Å². The molecule has 0 aliphatic carbocycles. The van der Waals surface area contributed by atoms with Crippen LogP contribution in [0, 0.1) is 15.9 Å². The van der Waals surface area contributed by atoms with Crippen molar-refractivity contribution in [3.8, 4) is 11.5 Å². The second kappa shape index (κ2) is 5.85. The summed E-state index contributed by atoms with van der Waals surface area (Å²) < 4.78 is 18.4. The molecule has 7 heteroatoms. The number of hydrogen-bond donors (Lipinski definition) is 1. The number of halogens is 2. The van der Waals surface area contributed by atoms with Crippen LogP contribution in [0.2, 0.25) is 5.02 Å². The van der Waals surface area contributed by atoms with Crippen LogP contribution in [0.1, 0.15) is 5.56 Å². The van der Waals surface area contributed by atoms with Gasteiger partial charge in [-0.15, -0.1) is 0 Å². The van der Waals surface area contributed by atoms with Crippen molar-refractivity contribution in [2.75, 3.05) is 0 Å². The van der Waals surface area contributed by atoms with Crippen LogP contribution >= 0.6 is 11.6 Å². The summed E-state index contributed by atoms with van der Waals surface area (Å²) in [6.07, 6.45) is 0. The highest BCUT2D eigenvalue weighted by Crippen LogP contribution is 2.35. The van der Waals surface area contributed by atoms with E-state index in [4.69, 9.17) is 22.1 Å². The Bertz CT molecular complexity index is 664. The highest BCUT2D eigenvalue weighted by atomic mass is 35.5. The first-order valence-corrected chi connectivity index (χ1v) is 5.99. The number of nitrogens with two attached hydrogens (primary N) is 1. The molecule has 0 fully saturated rings. The molecule has 5 nitrogen and oxygen atoms in total. The Morgan fingerprint density at radius 1 is 1.25 bits per heavy atom. The van der Waals surface area contributed by atoms with Crippen molar-refractivity contribution in [2.24, 2.45) is 5.73 Å². The Hall–Kier alpha value is -2.18. The molecule has 0 saturated heterocycles. The number of nitro groups is 1. The van der Waals surface area contributed by atoms with Crippen molar-refractivity contribution < 1.29 is 14.1 Å². The molecule has 0 unspecified atom stereocenters. The first-order valence-electron chi connectivity index (χ1n) is 5.61. The summed E-state index contributed by atoms with van der Waals surface area (Å²) in [4.78, 5) is 10.1. The Kier molecular flexibility index (Phi) is 4.16. The molecule has 0 saturated carbocycles. The lowest BCUT2D eigenvalue weighted by molar-refractivity contribution is -0.385. The van der Waals surface area contributed by atoms with Crippen LogP contribution in [0.4, 0.5) is 10.1 Å². The molecule has 0 atom stereocenters. The molecule has 2 rings (SSSR count). The number of nitrogens with zero attached hydrogens (tertiary/aromatic N) is 1. The minimum atomic E-state index is -0.722. The van der Waals surface area contributed by atoms with E-state index in [2.05, 4.69) is 0 Å². The van der Waals surface area contributed by atoms with Gasteiger partial charge in [0.05, 0.1) is 16.0 Å². The van der Waals surface area contributed by atoms with Crippen LogP contribution in [0.5, 0.6) is 11.5 Å². The van der Waals surface area contributed by atoms with Crippen LogP contribution < -0.4 is 10.5 Å². The third-order valence-electron chi connectivity index (χ3n) is 2.57. The fourth-order valence-corrected chi connectivity index (χ4v) is 1.83. The number of rotatable bonds is 4. The third-order valence-corrected chi connectivity index (χ3v) is 2.86. The normalized spacial score (nSPS) is 10.3. The van der Waals surface area contributed by atoms with Crippen molar-refractivity contribution in [1.82, 2.24) is 0 Å². The molecular weight excluding hydrogens is 287 g/mol. The predicted octanol–water partition coefficient (Wildman–Crippen LogP) is 3.64. The molecule has 0 aromatic heterocycles. The standard InChI is InChI=1S/C13H10ClFN2O3/c14-10-5-8(7-16)1-3-12(10)20-13-4-2-9(15)6-11(13)17(18)19/h1-6H,7,16H2. The van der Waals surface area contributed by atoms with E-state index >= 15 is 0 Å². The molecule has 104 valence electrons. The summed E-state index contributed by atoms with van der Waals surface area (Å²) in [6.45, 7) is 0.316. The van der Waals surface area contributed by atoms with E-state index in [1.807, 2.05) is 0 Å². The minimum Gasteiger partial charge on any atom is -0.449 e. The summed E-state index contributed by atoms with van der Waals surface area (Å²) in [5.41, 5.74) is 5.80. The fourth-order valence-electron chi connectivity index (χ4n) is 1.59. The van der Waals surface area contributed by atoms with E-state index in [-0.39, 0.29) is 16.5 Å². The molecule has 0 aliphatic rings. The van der Waals surface area contributed by atoms with Gasteiger partial charge in [0.25, 0.3) is 0 Å². The van der Waals surface area contributed by atoms with Crippen LogP contribution in [-0.4, -0.2) is 4.92 Å².